The Hall–Kier alpha value is -1.37. The maximum atomic E-state index is 10.6. The summed E-state index contributed by atoms with van der Waals surface area (Å²) in [4.78, 5) is 2.11. The molecule has 96 valence electrons. The lowest BCUT2D eigenvalue weighted by molar-refractivity contribution is 0.00132. The van der Waals surface area contributed by atoms with Crippen molar-refractivity contribution in [3.8, 4) is 6.07 Å². The van der Waals surface area contributed by atoms with E-state index in [0.717, 1.165) is 31.4 Å². The van der Waals surface area contributed by atoms with E-state index in [1.165, 1.54) is 0 Å². The van der Waals surface area contributed by atoms with E-state index in [9.17, 15) is 5.11 Å². The summed E-state index contributed by atoms with van der Waals surface area (Å²) in [5.74, 6) is 0. The zero-order valence-corrected chi connectivity index (χ0v) is 10.8. The van der Waals surface area contributed by atoms with Crippen molar-refractivity contribution in [2.45, 2.75) is 37.8 Å². The molecule has 0 saturated carbocycles. The van der Waals surface area contributed by atoms with Crippen molar-refractivity contribution in [2.24, 2.45) is 0 Å². The molecule has 1 heterocycles. The Labute approximate surface area is 109 Å². The van der Waals surface area contributed by atoms with E-state index in [1.54, 1.807) is 0 Å². The Morgan fingerprint density at radius 2 is 2.11 bits per heavy atom. The Morgan fingerprint density at radius 1 is 1.39 bits per heavy atom. The van der Waals surface area contributed by atoms with E-state index >= 15 is 0 Å². The van der Waals surface area contributed by atoms with Crippen molar-refractivity contribution in [3.05, 3.63) is 35.9 Å². The van der Waals surface area contributed by atoms with Crippen molar-refractivity contribution >= 4 is 0 Å². The maximum absolute atomic E-state index is 10.6. The van der Waals surface area contributed by atoms with Gasteiger partial charge in [-0.2, -0.15) is 5.26 Å². The Kier molecular flexibility index (Phi) is 4.00. The standard InChI is InChI=1S/C15H20N2O/c1-15(18,13-7-3-2-4-8-13)12-17-10-6-5-9-14(17)11-16/h2-4,7-8,14,18H,5-6,9-10,12H2,1H3. The van der Waals surface area contributed by atoms with Gasteiger partial charge in [0.25, 0.3) is 0 Å². The van der Waals surface area contributed by atoms with Crippen LogP contribution >= 0.6 is 0 Å². The lowest BCUT2D eigenvalue weighted by atomic mass is 9.93. The number of benzene rings is 1. The summed E-state index contributed by atoms with van der Waals surface area (Å²) in [7, 11) is 0. The molecule has 0 radical (unpaired) electrons. The number of β-amino-alcohol motifs (C(OH)–C–C–N with tert-alkyl or cyclic N) is 1. The molecule has 1 aliphatic rings. The monoisotopic (exact) mass is 244 g/mol. The minimum absolute atomic E-state index is 0.0473. The van der Waals surface area contributed by atoms with Crippen molar-refractivity contribution in [3.63, 3.8) is 0 Å². The van der Waals surface area contributed by atoms with Gasteiger partial charge in [-0.05, 0) is 38.3 Å². The maximum Gasteiger partial charge on any atom is 0.0995 e. The van der Waals surface area contributed by atoms with Gasteiger partial charge in [-0.1, -0.05) is 30.3 Å². The average Bonchev–Trinajstić information content (AvgIpc) is 2.40. The molecular weight excluding hydrogens is 224 g/mol. The summed E-state index contributed by atoms with van der Waals surface area (Å²) in [5.41, 5.74) is 0.0144. The van der Waals surface area contributed by atoms with Gasteiger partial charge in [0, 0.05) is 6.54 Å². The van der Waals surface area contributed by atoms with Crippen LogP contribution in [0.15, 0.2) is 30.3 Å². The third kappa shape index (κ3) is 2.90. The average molecular weight is 244 g/mol. The molecule has 1 aromatic rings. The molecule has 1 aromatic carbocycles. The highest BCUT2D eigenvalue weighted by atomic mass is 16.3. The first-order valence-corrected chi connectivity index (χ1v) is 6.55. The van der Waals surface area contributed by atoms with Crippen LogP contribution in [0.5, 0.6) is 0 Å². The van der Waals surface area contributed by atoms with Gasteiger partial charge in [-0.25, -0.2) is 0 Å². The van der Waals surface area contributed by atoms with Gasteiger partial charge in [0.05, 0.1) is 17.7 Å². The minimum Gasteiger partial charge on any atom is -0.384 e. The molecule has 0 amide bonds. The lowest BCUT2D eigenvalue weighted by Crippen LogP contribution is -2.46. The Bertz CT molecular complexity index is 422. The van der Waals surface area contributed by atoms with Crippen molar-refractivity contribution in [1.29, 1.82) is 5.26 Å². The van der Waals surface area contributed by atoms with Gasteiger partial charge < -0.3 is 5.11 Å². The highest BCUT2D eigenvalue weighted by Crippen LogP contribution is 2.25. The molecule has 18 heavy (non-hydrogen) atoms. The van der Waals surface area contributed by atoms with Crippen LogP contribution in [-0.4, -0.2) is 29.1 Å². The first-order valence-electron chi connectivity index (χ1n) is 6.55. The van der Waals surface area contributed by atoms with E-state index in [4.69, 9.17) is 5.26 Å². The van der Waals surface area contributed by atoms with Crippen LogP contribution in [0.25, 0.3) is 0 Å². The second-order valence-electron chi connectivity index (χ2n) is 5.25. The summed E-state index contributed by atoms with van der Waals surface area (Å²) >= 11 is 0. The van der Waals surface area contributed by atoms with Gasteiger partial charge >= 0.3 is 0 Å². The number of hydrogen-bond acceptors (Lipinski definition) is 3. The molecule has 3 heteroatoms. The van der Waals surface area contributed by atoms with Crippen LogP contribution in [0, 0.1) is 11.3 Å². The van der Waals surface area contributed by atoms with E-state index < -0.39 is 5.60 Å². The number of rotatable bonds is 3. The molecule has 3 nitrogen and oxygen atoms in total. The van der Waals surface area contributed by atoms with Crippen molar-refractivity contribution < 1.29 is 5.11 Å². The van der Waals surface area contributed by atoms with Crippen LogP contribution < -0.4 is 0 Å². The Morgan fingerprint density at radius 3 is 2.78 bits per heavy atom. The normalized spacial score (nSPS) is 24.2. The Balaban J connectivity index is 2.10. The number of nitrogens with zero attached hydrogens (tertiary/aromatic N) is 2. The number of nitriles is 1. The fraction of sp³-hybridized carbons (Fsp3) is 0.533. The van der Waals surface area contributed by atoms with Gasteiger partial charge in [0.2, 0.25) is 0 Å². The SMILES string of the molecule is CC(O)(CN1CCCCC1C#N)c1ccccc1. The van der Waals surface area contributed by atoms with Crippen LogP contribution in [0.3, 0.4) is 0 Å². The second kappa shape index (κ2) is 5.51. The second-order valence-corrected chi connectivity index (χ2v) is 5.25. The summed E-state index contributed by atoms with van der Waals surface area (Å²) < 4.78 is 0. The van der Waals surface area contributed by atoms with Crippen molar-refractivity contribution in [1.82, 2.24) is 4.90 Å². The summed E-state index contributed by atoms with van der Waals surface area (Å²) in [6.45, 7) is 3.25. The quantitative estimate of drug-likeness (QED) is 0.887. The predicted octanol–water partition coefficient (Wildman–Crippen LogP) is 2.27. The molecule has 0 bridgehead atoms. The van der Waals surface area contributed by atoms with Gasteiger partial charge in [0.1, 0.15) is 0 Å². The van der Waals surface area contributed by atoms with E-state index in [-0.39, 0.29) is 6.04 Å². The molecule has 1 fully saturated rings. The van der Waals surface area contributed by atoms with Gasteiger partial charge in [-0.15, -0.1) is 0 Å². The highest BCUT2D eigenvalue weighted by molar-refractivity contribution is 5.22. The van der Waals surface area contributed by atoms with E-state index in [0.29, 0.717) is 6.54 Å². The van der Waals surface area contributed by atoms with Gasteiger partial charge in [0.15, 0.2) is 0 Å². The summed E-state index contributed by atoms with van der Waals surface area (Å²) in [6, 6.07) is 12.0. The molecule has 1 N–H and O–H groups in total. The van der Waals surface area contributed by atoms with E-state index in [1.807, 2.05) is 37.3 Å². The molecule has 0 spiro atoms. The molecule has 2 rings (SSSR count). The topological polar surface area (TPSA) is 47.3 Å². The first-order chi connectivity index (χ1) is 8.63. The fourth-order valence-electron chi connectivity index (χ4n) is 2.61. The number of likely N-dealkylation sites (tertiary alicyclic amines) is 1. The van der Waals surface area contributed by atoms with Crippen molar-refractivity contribution in [2.75, 3.05) is 13.1 Å². The third-order valence-corrected chi connectivity index (χ3v) is 3.67. The molecule has 0 aliphatic carbocycles. The molecule has 2 unspecified atom stereocenters. The number of hydrogen-bond donors (Lipinski definition) is 1. The van der Waals surface area contributed by atoms with Crippen LogP contribution in [-0.2, 0) is 5.60 Å². The zero-order valence-electron chi connectivity index (χ0n) is 10.8. The third-order valence-electron chi connectivity index (χ3n) is 3.67. The molecule has 1 aliphatic heterocycles. The first kappa shape index (κ1) is 13.1. The molecule has 1 saturated heterocycles. The summed E-state index contributed by atoms with van der Waals surface area (Å²) in [6.07, 6.45) is 3.15. The largest absolute Gasteiger partial charge is 0.384 e. The molecule has 2 atom stereocenters. The van der Waals surface area contributed by atoms with Crippen LogP contribution in [0.4, 0.5) is 0 Å². The minimum atomic E-state index is -0.895. The zero-order chi connectivity index (χ0) is 13.0. The van der Waals surface area contributed by atoms with E-state index in [2.05, 4.69) is 11.0 Å². The summed E-state index contributed by atoms with van der Waals surface area (Å²) in [5, 5.41) is 19.8. The predicted molar refractivity (Wildman–Crippen MR) is 70.8 cm³/mol. The fourth-order valence-corrected chi connectivity index (χ4v) is 2.61. The molecular formula is C15H20N2O. The highest BCUT2D eigenvalue weighted by Gasteiger charge is 2.31. The number of piperidine rings is 1. The van der Waals surface area contributed by atoms with Crippen LogP contribution in [0.2, 0.25) is 0 Å². The smallest absolute Gasteiger partial charge is 0.0995 e. The number of aliphatic hydroxyl groups is 1. The molecule has 0 aromatic heterocycles. The van der Waals surface area contributed by atoms with Crippen LogP contribution in [0.1, 0.15) is 31.7 Å². The van der Waals surface area contributed by atoms with Gasteiger partial charge in [-0.3, -0.25) is 4.90 Å². The lowest BCUT2D eigenvalue weighted by Gasteiger charge is -2.37.